The average Bonchev–Trinajstić information content (AvgIpc) is 3.63. The van der Waals surface area contributed by atoms with Crippen LogP contribution >= 0.6 is 11.8 Å². The number of nitrogens with one attached hydrogen (secondary N) is 2. The van der Waals surface area contributed by atoms with Gasteiger partial charge in [-0.15, -0.1) is 0 Å². The number of nitrogens with zero attached hydrogens (tertiary/aromatic N) is 2. The van der Waals surface area contributed by atoms with Crippen LogP contribution in [0.3, 0.4) is 0 Å². The van der Waals surface area contributed by atoms with Crippen LogP contribution in [0.5, 0.6) is 11.5 Å². The molecule has 1 fully saturated rings. The molecule has 6 rings (SSSR count). The van der Waals surface area contributed by atoms with E-state index in [1.165, 1.54) is 0 Å². The molecule has 2 N–H and O–H groups in total. The van der Waals surface area contributed by atoms with Crippen LogP contribution in [0.1, 0.15) is 16.7 Å². The van der Waals surface area contributed by atoms with Gasteiger partial charge in [0.2, 0.25) is 18.6 Å². The summed E-state index contributed by atoms with van der Waals surface area (Å²) >= 11 is 0.781. The van der Waals surface area contributed by atoms with E-state index in [1.807, 2.05) is 50.2 Å². The minimum absolute atomic E-state index is 0.0167. The maximum absolute atomic E-state index is 13.2. The van der Waals surface area contributed by atoms with Crippen LogP contribution in [0, 0.1) is 13.8 Å². The summed E-state index contributed by atoms with van der Waals surface area (Å²) in [4.78, 5) is 52.6. The summed E-state index contributed by atoms with van der Waals surface area (Å²) in [6.07, 6.45) is 3.40. The smallest absolute Gasteiger partial charge is 0.294 e. The van der Waals surface area contributed by atoms with E-state index in [0.717, 1.165) is 38.7 Å². The SMILES string of the molecule is Cc1ccc(NC(=O)CN2C(=O)S/C(=C\c3cn(CC(=O)Nc4ccc5c(c4)OCO5)c4ccccc34)C2=O)c(C)c1. The third-order valence-electron chi connectivity index (χ3n) is 6.91. The van der Waals surface area contributed by atoms with Gasteiger partial charge in [0.25, 0.3) is 11.1 Å². The Morgan fingerprint density at radius 2 is 1.71 bits per heavy atom. The van der Waals surface area contributed by atoms with Crippen LogP contribution in [-0.2, 0) is 20.9 Å². The Balaban J connectivity index is 1.18. The first kappa shape index (κ1) is 27.2. The van der Waals surface area contributed by atoms with Crippen LogP contribution in [0.4, 0.5) is 16.2 Å². The lowest BCUT2D eigenvalue weighted by Crippen LogP contribution is -2.36. The molecule has 3 heterocycles. The second-order valence-electron chi connectivity index (χ2n) is 9.98. The van der Waals surface area contributed by atoms with Crippen molar-refractivity contribution in [3.05, 3.63) is 88.5 Å². The minimum Gasteiger partial charge on any atom is -0.454 e. The molecule has 0 spiro atoms. The molecular weight excluding hydrogens is 556 g/mol. The second-order valence-corrected chi connectivity index (χ2v) is 11.0. The summed E-state index contributed by atoms with van der Waals surface area (Å²) < 4.78 is 12.5. The molecule has 0 atom stereocenters. The number of carbonyl (C=O) groups excluding carboxylic acids is 4. The van der Waals surface area contributed by atoms with E-state index >= 15 is 0 Å². The zero-order valence-corrected chi connectivity index (χ0v) is 23.6. The fraction of sp³-hybridized carbons (Fsp3) is 0.161. The standard InChI is InChI=1S/C31H26N4O6S/c1-18-7-9-23(19(2)11-18)33-29(37)16-35-30(38)27(42-31(35)39)12-20-14-34(24-6-4-3-5-22(20)24)15-28(36)32-21-8-10-25-26(13-21)41-17-40-25/h3-14H,15-17H2,1-2H3,(H,32,36)(H,33,37)/b27-12-. The Morgan fingerprint density at radius 1 is 0.929 bits per heavy atom. The Morgan fingerprint density at radius 3 is 2.55 bits per heavy atom. The highest BCUT2D eigenvalue weighted by atomic mass is 32.2. The number of aromatic nitrogens is 1. The fourth-order valence-corrected chi connectivity index (χ4v) is 5.74. The van der Waals surface area contributed by atoms with E-state index in [0.29, 0.717) is 28.4 Å². The summed E-state index contributed by atoms with van der Waals surface area (Å²) in [6, 6.07) is 18.3. The number of imide groups is 1. The van der Waals surface area contributed by atoms with Gasteiger partial charge in [-0.3, -0.25) is 24.1 Å². The summed E-state index contributed by atoms with van der Waals surface area (Å²) in [6.45, 7) is 3.60. The Hall–Kier alpha value is -5.03. The summed E-state index contributed by atoms with van der Waals surface area (Å²) in [7, 11) is 0. The molecule has 1 aromatic heterocycles. The van der Waals surface area contributed by atoms with E-state index in [9.17, 15) is 19.2 Å². The number of para-hydroxylation sites is 1. The summed E-state index contributed by atoms with van der Waals surface area (Å²) in [5.74, 6) is -0.0660. The second kappa shape index (κ2) is 11.1. The van der Waals surface area contributed by atoms with Gasteiger partial charge in [0.1, 0.15) is 13.1 Å². The lowest BCUT2D eigenvalue weighted by Gasteiger charge is -2.13. The molecule has 42 heavy (non-hydrogen) atoms. The molecule has 0 unspecified atom stereocenters. The summed E-state index contributed by atoms with van der Waals surface area (Å²) in [5.41, 5.74) is 4.62. The number of rotatable bonds is 7. The van der Waals surface area contributed by atoms with Crippen molar-refractivity contribution in [1.82, 2.24) is 9.47 Å². The zero-order chi connectivity index (χ0) is 29.4. The van der Waals surface area contributed by atoms with Crippen LogP contribution < -0.4 is 20.1 Å². The molecule has 11 heteroatoms. The third kappa shape index (κ3) is 5.46. The van der Waals surface area contributed by atoms with Crippen molar-refractivity contribution in [2.24, 2.45) is 0 Å². The number of fused-ring (bicyclic) bond motifs is 2. The first-order valence-corrected chi connectivity index (χ1v) is 14.0. The van der Waals surface area contributed by atoms with E-state index in [4.69, 9.17) is 9.47 Å². The van der Waals surface area contributed by atoms with Crippen LogP contribution in [0.2, 0.25) is 0 Å². The molecule has 0 bridgehead atoms. The monoisotopic (exact) mass is 582 g/mol. The number of hydrogen-bond donors (Lipinski definition) is 2. The van der Waals surface area contributed by atoms with Crippen LogP contribution in [0.15, 0.2) is 71.8 Å². The van der Waals surface area contributed by atoms with Gasteiger partial charge in [-0.25, -0.2) is 0 Å². The highest BCUT2D eigenvalue weighted by Gasteiger charge is 2.36. The predicted molar refractivity (Wildman–Crippen MR) is 160 cm³/mol. The average molecular weight is 583 g/mol. The van der Waals surface area contributed by atoms with Gasteiger partial charge in [0.15, 0.2) is 11.5 Å². The number of ether oxygens (including phenoxy) is 2. The molecule has 212 valence electrons. The molecular formula is C31H26N4O6S. The van der Waals surface area contributed by atoms with Gasteiger partial charge in [-0.2, -0.15) is 0 Å². The highest BCUT2D eigenvalue weighted by molar-refractivity contribution is 8.18. The third-order valence-corrected chi connectivity index (χ3v) is 7.81. The Labute approximate surface area is 245 Å². The molecule has 3 aromatic carbocycles. The van der Waals surface area contributed by atoms with E-state index in [-0.39, 0.29) is 24.2 Å². The number of amides is 4. The lowest BCUT2D eigenvalue weighted by atomic mass is 10.1. The maximum atomic E-state index is 13.2. The number of thioether (sulfide) groups is 1. The van der Waals surface area contributed by atoms with Crippen molar-refractivity contribution in [3.8, 4) is 11.5 Å². The van der Waals surface area contributed by atoms with Crippen molar-refractivity contribution in [1.29, 1.82) is 0 Å². The molecule has 4 aromatic rings. The topological polar surface area (TPSA) is 119 Å². The predicted octanol–water partition coefficient (Wildman–Crippen LogP) is 5.30. The minimum atomic E-state index is -0.543. The van der Waals surface area contributed by atoms with Crippen LogP contribution in [-0.4, -0.2) is 45.8 Å². The number of anilines is 2. The van der Waals surface area contributed by atoms with Gasteiger partial charge < -0.3 is 24.7 Å². The molecule has 4 amide bonds. The van der Waals surface area contributed by atoms with Crippen molar-refractivity contribution in [2.75, 3.05) is 24.0 Å². The molecule has 2 aliphatic heterocycles. The number of benzene rings is 3. The number of hydrogen-bond acceptors (Lipinski definition) is 7. The number of carbonyl (C=O) groups is 4. The summed E-state index contributed by atoms with van der Waals surface area (Å²) in [5, 5.41) is 5.94. The van der Waals surface area contributed by atoms with Gasteiger partial charge in [0, 0.05) is 40.1 Å². The molecule has 0 radical (unpaired) electrons. The fourth-order valence-electron chi connectivity index (χ4n) is 4.92. The zero-order valence-electron chi connectivity index (χ0n) is 22.8. The lowest BCUT2D eigenvalue weighted by molar-refractivity contribution is -0.127. The number of aryl methyl sites for hydroxylation is 2. The molecule has 1 saturated heterocycles. The van der Waals surface area contributed by atoms with Crippen molar-refractivity contribution < 1.29 is 28.7 Å². The van der Waals surface area contributed by atoms with Crippen molar-refractivity contribution in [3.63, 3.8) is 0 Å². The van der Waals surface area contributed by atoms with E-state index in [1.54, 1.807) is 41.1 Å². The van der Waals surface area contributed by atoms with Gasteiger partial charge in [0.05, 0.1) is 4.91 Å². The first-order chi connectivity index (χ1) is 20.2. The molecule has 2 aliphatic rings. The molecule has 0 saturated carbocycles. The van der Waals surface area contributed by atoms with Gasteiger partial charge in [-0.1, -0.05) is 35.9 Å². The quantitative estimate of drug-likeness (QED) is 0.284. The molecule has 0 aliphatic carbocycles. The normalized spacial score (nSPS) is 15.1. The highest BCUT2D eigenvalue weighted by Crippen LogP contribution is 2.35. The molecule has 10 nitrogen and oxygen atoms in total. The van der Waals surface area contributed by atoms with Gasteiger partial charge in [-0.05, 0) is 61.5 Å². The Kier molecular flexibility index (Phi) is 7.17. The maximum Gasteiger partial charge on any atom is 0.294 e. The van der Waals surface area contributed by atoms with Crippen molar-refractivity contribution in [2.45, 2.75) is 20.4 Å². The van der Waals surface area contributed by atoms with Gasteiger partial charge >= 0.3 is 0 Å². The largest absolute Gasteiger partial charge is 0.454 e. The Bertz CT molecular complexity index is 1810. The van der Waals surface area contributed by atoms with Crippen molar-refractivity contribution >= 4 is 63.1 Å². The van der Waals surface area contributed by atoms with E-state index in [2.05, 4.69) is 10.6 Å². The first-order valence-electron chi connectivity index (χ1n) is 13.1. The van der Waals surface area contributed by atoms with Crippen LogP contribution in [0.25, 0.3) is 17.0 Å². The van der Waals surface area contributed by atoms with E-state index < -0.39 is 23.6 Å².